The van der Waals surface area contributed by atoms with Crippen molar-refractivity contribution in [3.63, 3.8) is 0 Å². The number of benzene rings is 1. The molecule has 0 N–H and O–H groups in total. The van der Waals surface area contributed by atoms with Crippen LogP contribution in [0.1, 0.15) is 24.3 Å². The van der Waals surface area contributed by atoms with Crippen molar-refractivity contribution in [2.45, 2.75) is 26.0 Å². The highest BCUT2D eigenvalue weighted by molar-refractivity contribution is 7.24. The van der Waals surface area contributed by atoms with E-state index < -0.39 is 5.60 Å². The van der Waals surface area contributed by atoms with Gasteiger partial charge in [-0.1, -0.05) is 41.6 Å². The van der Waals surface area contributed by atoms with Crippen LogP contribution in [-0.4, -0.2) is 20.6 Å². The Kier molecular flexibility index (Phi) is 6.77. The zero-order valence-corrected chi connectivity index (χ0v) is 22.2. The number of thiophene rings is 2. The van der Waals surface area contributed by atoms with Gasteiger partial charge in [-0.25, -0.2) is 9.53 Å². The number of hydrogen-bond acceptors (Lipinski definition) is 7. The molecule has 0 amide bonds. The van der Waals surface area contributed by atoms with Gasteiger partial charge in [-0.15, -0.1) is 27.8 Å². The summed E-state index contributed by atoms with van der Waals surface area (Å²) >= 11 is 3.30. The minimum absolute atomic E-state index is 0.0494. The molecule has 7 nitrogen and oxygen atoms in total. The molecule has 1 aromatic carbocycles. The van der Waals surface area contributed by atoms with Gasteiger partial charge in [0.1, 0.15) is 23.4 Å². The molecule has 38 heavy (non-hydrogen) atoms. The molecule has 0 aliphatic carbocycles. The van der Waals surface area contributed by atoms with Crippen molar-refractivity contribution in [1.29, 1.82) is 10.5 Å². The molecule has 1 aliphatic heterocycles. The molecule has 1 aliphatic rings. The van der Waals surface area contributed by atoms with E-state index in [1.54, 1.807) is 22.7 Å². The summed E-state index contributed by atoms with van der Waals surface area (Å²) in [6, 6.07) is 22.1. The van der Waals surface area contributed by atoms with Crippen molar-refractivity contribution in [2.24, 2.45) is 0 Å². The van der Waals surface area contributed by atoms with Gasteiger partial charge in [0.05, 0.1) is 24.2 Å². The summed E-state index contributed by atoms with van der Waals surface area (Å²) < 4.78 is 7.68. The summed E-state index contributed by atoms with van der Waals surface area (Å²) in [5.41, 5.74) is 1.82. The van der Waals surface area contributed by atoms with Gasteiger partial charge in [0.15, 0.2) is 11.3 Å². The Morgan fingerprint density at radius 3 is 2.47 bits per heavy atom. The number of nitrogens with zero attached hydrogens (tertiary/aromatic N) is 6. The first kappa shape index (κ1) is 24.9. The van der Waals surface area contributed by atoms with Crippen LogP contribution in [0.25, 0.3) is 31.2 Å². The molecule has 0 atom stereocenters. The average molecular weight is 533 g/mol. The molecule has 0 saturated carbocycles. The molecule has 4 aromatic rings. The Balaban J connectivity index is 1.35. The van der Waals surface area contributed by atoms with E-state index in [0.717, 1.165) is 25.2 Å². The van der Waals surface area contributed by atoms with E-state index in [1.165, 1.54) is 5.56 Å². The Morgan fingerprint density at radius 2 is 1.74 bits per heavy atom. The van der Waals surface area contributed by atoms with Crippen LogP contribution in [0.4, 0.5) is 0 Å². The van der Waals surface area contributed by atoms with Crippen molar-refractivity contribution >= 4 is 28.7 Å². The van der Waals surface area contributed by atoms with Crippen LogP contribution in [0.5, 0.6) is 0 Å². The third kappa shape index (κ3) is 4.92. The molecule has 0 fully saturated rings. The fourth-order valence-electron chi connectivity index (χ4n) is 4.06. The second kappa shape index (κ2) is 10.3. The number of aromatic nitrogens is 3. The number of nitriles is 2. The molecule has 0 unspecified atom stereocenters. The summed E-state index contributed by atoms with van der Waals surface area (Å²) in [6.45, 7) is 11.9. The first-order valence-corrected chi connectivity index (χ1v) is 13.2. The van der Waals surface area contributed by atoms with Crippen LogP contribution in [0, 0.1) is 29.2 Å². The lowest BCUT2D eigenvalue weighted by Crippen LogP contribution is -2.20. The number of rotatable bonds is 6. The molecular formula is C29H20N6OS2. The van der Waals surface area contributed by atoms with E-state index in [9.17, 15) is 10.5 Å². The van der Waals surface area contributed by atoms with E-state index in [4.69, 9.17) is 11.3 Å². The predicted molar refractivity (Wildman–Crippen MR) is 148 cm³/mol. The molecule has 0 radical (unpaired) electrons. The molecule has 0 spiro atoms. The summed E-state index contributed by atoms with van der Waals surface area (Å²) in [5, 5.41) is 27.1. The van der Waals surface area contributed by atoms with Gasteiger partial charge >= 0.3 is 0 Å². The van der Waals surface area contributed by atoms with E-state index in [-0.39, 0.29) is 17.0 Å². The standard InChI is InChI=1S/C29H20N6OS2/c1-29(2)22(27(32-3)28(36-29)20(15-30)16-31)11-9-21-10-12-25(37-21)26-14-13-24(38-26)23-18-35(34-33-23)17-19-7-5-4-6-8-19/h4-14,18H,17H2,1-2H3. The van der Waals surface area contributed by atoms with Crippen molar-refractivity contribution in [2.75, 3.05) is 0 Å². The molecule has 4 heterocycles. The highest BCUT2D eigenvalue weighted by Crippen LogP contribution is 2.42. The van der Waals surface area contributed by atoms with Gasteiger partial charge < -0.3 is 4.74 Å². The molecule has 0 saturated heterocycles. The maximum absolute atomic E-state index is 9.25. The lowest BCUT2D eigenvalue weighted by atomic mass is 9.97. The lowest BCUT2D eigenvalue weighted by Gasteiger charge is -2.21. The third-order valence-corrected chi connectivity index (χ3v) is 8.26. The third-order valence-electron chi connectivity index (χ3n) is 5.91. The second-order valence-electron chi connectivity index (χ2n) is 8.90. The minimum atomic E-state index is -0.828. The Labute approximate surface area is 228 Å². The van der Waals surface area contributed by atoms with Crippen LogP contribution in [0.3, 0.4) is 0 Å². The minimum Gasteiger partial charge on any atom is -0.493 e. The van der Waals surface area contributed by atoms with Crippen LogP contribution in [0.15, 0.2) is 89.5 Å². The second-order valence-corrected chi connectivity index (χ2v) is 11.1. The topological polar surface area (TPSA) is 91.9 Å². The van der Waals surface area contributed by atoms with Crippen molar-refractivity contribution in [3.8, 4) is 32.5 Å². The molecule has 3 aromatic heterocycles. The summed E-state index contributed by atoms with van der Waals surface area (Å²) in [4.78, 5) is 7.88. The molecule has 0 bridgehead atoms. The fourth-order valence-corrected chi connectivity index (χ4v) is 6.02. The molecular weight excluding hydrogens is 512 g/mol. The molecule has 5 rings (SSSR count). The maximum atomic E-state index is 9.25. The van der Waals surface area contributed by atoms with E-state index in [0.29, 0.717) is 12.1 Å². The SMILES string of the molecule is [C-]#[N+]C1=C(C=Cc2ccc(-c3ccc(-c4cn(Cc5ccccc5)nn4)s3)s2)C(C)(C)OC1=C(C#N)C#N. The average Bonchev–Trinajstić information content (AvgIpc) is 3.70. The van der Waals surface area contributed by atoms with Crippen LogP contribution in [-0.2, 0) is 11.3 Å². The quantitative estimate of drug-likeness (QED) is 0.195. The van der Waals surface area contributed by atoms with Gasteiger partial charge in [-0.05, 0) is 49.8 Å². The van der Waals surface area contributed by atoms with Gasteiger partial charge in [-0.2, -0.15) is 10.5 Å². The zero-order valence-electron chi connectivity index (χ0n) is 20.5. The number of ether oxygens (including phenoxy) is 1. The first-order chi connectivity index (χ1) is 18.4. The summed E-state index contributed by atoms with van der Waals surface area (Å²) in [7, 11) is 0. The summed E-state index contributed by atoms with van der Waals surface area (Å²) in [6.07, 6.45) is 5.74. The number of hydrogen-bond donors (Lipinski definition) is 0. The maximum Gasteiger partial charge on any atom is 0.237 e. The monoisotopic (exact) mass is 532 g/mol. The molecule has 9 heteroatoms. The smallest absolute Gasteiger partial charge is 0.237 e. The molecule has 184 valence electrons. The van der Waals surface area contributed by atoms with Crippen molar-refractivity contribution in [3.05, 3.63) is 111 Å². The lowest BCUT2D eigenvalue weighted by molar-refractivity contribution is 0.0954. The van der Waals surface area contributed by atoms with Gasteiger partial charge in [0.25, 0.3) is 0 Å². The first-order valence-electron chi connectivity index (χ1n) is 11.6. The van der Waals surface area contributed by atoms with E-state index in [2.05, 4.69) is 45.5 Å². The largest absolute Gasteiger partial charge is 0.493 e. The Morgan fingerprint density at radius 1 is 1.03 bits per heavy atom. The van der Waals surface area contributed by atoms with Crippen LogP contribution < -0.4 is 0 Å². The van der Waals surface area contributed by atoms with E-state index in [1.807, 2.05) is 73.3 Å². The number of allylic oxidation sites excluding steroid dienone is 1. The fraction of sp³-hybridized carbons (Fsp3) is 0.138. The van der Waals surface area contributed by atoms with Crippen LogP contribution in [0.2, 0.25) is 0 Å². The van der Waals surface area contributed by atoms with Gasteiger partial charge in [0.2, 0.25) is 5.70 Å². The normalized spacial score (nSPS) is 14.2. The van der Waals surface area contributed by atoms with E-state index >= 15 is 0 Å². The highest BCUT2D eigenvalue weighted by atomic mass is 32.1. The highest BCUT2D eigenvalue weighted by Gasteiger charge is 2.38. The zero-order chi connectivity index (χ0) is 26.7. The van der Waals surface area contributed by atoms with Crippen LogP contribution >= 0.6 is 22.7 Å². The predicted octanol–water partition coefficient (Wildman–Crippen LogP) is 7.08. The van der Waals surface area contributed by atoms with Crippen molar-refractivity contribution in [1.82, 2.24) is 15.0 Å². The van der Waals surface area contributed by atoms with Crippen molar-refractivity contribution < 1.29 is 4.74 Å². The van der Waals surface area contributed by atoms with Gasteiger partial charge in [0, 0.05) is 20.2 Å². The summed E-state index contributed by atoms with van der Waals surface area (Å²) in [5.74, 6) is 0.0494. The Hall–Kier alpha value is -4.75. The van der Waals surface area contributed by atoms with Gasteiger partial charge in [-0.3, -0.25) is 0 Å². The Bertz CT molecular complexity index is 1710.